The quantitative estimate of drug-likeness (QED) is 0.839. The zero-order valence-electron chi connectivity index (χ0n) is 10.3. The van der Waals surface area contributed by atoms with Gasteiger partial charge in [0.1, 0.15) is 11.9 Å². The Bertz CT molecular complexity index is 660. The minimum absolute atomic E-state index is 0.120. The molecule has 0 radical (unpaired) electrons. The van der Waals surface area contributed by atoms with Crippen molar-refractivity contribution in [2.24, 2.45) is 0 Å². The first-order chi connectivity index (χ1) is 9.56. The van der Waals surface area contributed by atoms with Gasteiger partial charge in [-0.1, -0.05) is 34.1 Å². The lowest BCUT2D eigenvalue weighted by Crippen LogP contribution is -2.20. The predicted molar refractivity (Wildman–Crippen MR) is 73.4 cm³/mol. The molecule has 2 unspecified atom stereocenters. The summed E-state index contributed by atoms with van der Waals surface area (Å²) in [6.45, 7) is 0. The molecule has 2 atom stereocenters. The van der Waals surface area contributed by atoms with Gasteiger partial charge in [0.2, 0.25) is 0 Å². The SMILES string of the molecule is OC1CC(c2cccc(F)c2F)Oc2cc(Br)ccc21. The molecule has 0 spiro atoms. The lowest BCUT2D eigenvalue weighted by molar-refractivity contribution is 0.0636. The molecule has 1 aliphatic heterocycles. The Labute approximate surface area is 123 Å². The molecule has 2 aromatic carbocycles. The molecular weight excluding hydrogens is 330 g/mol. The molecule has 1 aliphatic rings. The third-order valence-corrected chi connectivity index (χ3v) is 3.86. The molecule has 2 nitrogen and oxygen atoms in total. The minimum Gasteiger partial charge on any atom is -0.485 e. The number of hydrogen-bond donors (Lipinski definition) is 1. The van der Waals surface area contributed by atoms with E-state index in [1.165, 1.54) is 12.1 Å². The molecule has 0 amide bonds. The molecule has 0 fully saturated rings. The van der Waals surface area contributed by atoms with Crippen LogP contribution in [0.3, 0.4) is 0 Å². The van der Waals surface area contributed by atoms with Crippen LogP contribution in [-0.4, -0.2) is 5.11 Å². The monoisotopic (exact) mass is 340 g/mol. The topological polar surface area (TPSA) is 29.5 Å². The van der Waals surface area contributed by atoms with Crippen molar-refractivity contribution in [3.63, 3.8) is 0 Å². The summed E-state index contributed by atoms with van der Waals surface area (Å²) in [5, 5.41) is 10.1. The van der Waals surface area contributed by atoms with Crippen molar-refractivity contribution in [2.75, 3.05) is 0 Å². The molecule has 2 aromatic rings. The number of benzene rings is 2. The van der Waals surface area contributed by atoms with Gasteiger partial charge < -0.3 is 9.84 Å². The average molecular weight is 341 g/mol. The van der Waals surface area contributed by atoms with Gasteiger partial charge in [0.15, 0.2) is 11.6 Å². The predicted octanol–water partition coefficient (Wildman–Crippen LogP) is 4.28. The van der Waals surface area contributed by atoms with E-state index >= 15 is 0 Å². The van der Waals surface area contributed by atoms with E-state index in [-0.39, 0.29) is 12.0 Å². The van der Waals surface area contributed by atoms with E-state index in [4.69, 9.17) is 4.74 Å². The first-order valence-corrected chi connectivity index (χ1v) is 6.93. The third-order valence-electron chi connectivity index (χ3n) is 3.37. The molecule has 0 aliphatic carbocycles. The number of ether oxygens (including phenoxy) is 1. The first-order valence-electron chi connectivity index (χ1n) is 6.14. The van der Waals surface area contributed by atoms with Crippen LogP contribution in [0.1, 0.15) is 29.8 Å². The van der Waals surface area contributed by atoms with Crippen molar-refractivity contribution in [2.45, 2.75) is 18.6 Å². The summed E-state index contributed by atoms with van der Waals surface area (Å²) in [7, 11) is 0. The molecule has 5 heteroatoms. The summed E-state index contributed by atoms with van der Waals surface area (Å²) >= 11 is 3.32. The fourth-order valence-corrected chi connectivity index (χ4v) is 2.72. The molecule has 20 heavy (non-hydrogen) atoms. The van der Waals surface area contributed by atoms with Crippen LogP contribution in [-0.2, 0) is 0 Å². The Hall–Kier alpha value is -1.46. The van der Waals surface area contributed by atoms with Crippen LogP contribution in [0, 0.1) is 11.6 Å². The molecular formula is C15H11BrF2O2. The number of fused-ring (bicyclic) bond motifs is 1. The number of aliphatic hydroxyl groups is 1. The van der Waals surface area contributed by atoms with Crippen molar-refractivity contribution in [1.29, 1.82) is 0 Å². The molecule has 1 N–H and O–H groups in total. The highest BCUT2D eigenvalue weighted by atomic mass is 79.9. The van der Waals surface area contributed by atoms with Gasteiger partial charge in [-0.3, -0.25) is 0 Å². The zero-order valence-corrected chi connectivity index (χ0v) is 11.9. The van der Waals surface area contributed by atoms with Crippen LogP contribution in [0.15, 0.2) is 40.9 Å². The maximum atomic E-state index is 13.8. The third kappa shape index (κ3) is 2.31. The number of aliphatic hydroxyl groups excluding tert-OH is 1. The van der Waals surface area contributed by atoms with Crippen molar-refractivity contribution in [3.8, 4) is 5.75 Å². The second-order valence-corrected chi connectivity index (χ2v) is 5.60. The highest BCUT2D eigenvalue weighted by Gasteiger charge is 2.30. The lowest BCUT2D eigenvalue weighted by Gasteiger charge is -2.30. The van der Waals surface area contributed by atoms with Crippen molar-refractivity contribution in [1.82, 2.24) is 0 Å². The Morgan fingerprint density at radius 1 is 1.15 bits per heavy atom. The van der Waals surface area contributed by atoms with Crippen LogP contribution < -0.4 is 4.74 Å². The normalized spacial score (nSPS) is 21.2. The second kappa shape index (κ2) is 5.14. The number of hydrogen-bond acceptors (Lipinski definition) is 2. The fourth-order valence-electron chi connectivity index (χ4n) is 2.38. The molecule has 104 valence electrons. The standard InChI is InChI=1S/C15H11BrF2O2/c16-8-4-5-9-12(19)7-14(20-13(9)6-8)10-2-1-3-11(17)15(10)18/h1-6,12,14,19H,7H2. The highest BCUT2D eigenvalue weighted by Crippen LogP contribution is 2.42. The molecule has 0 saturated heterocycles. The molecule has 3 rings (SSSR count). The fraction of sp³-hybridized carbons (Fsp3) is 0.200. The van der Waals surface area contributed by atoms with Crippen LogP contribution >= 0.6 is 15.9 Å². The minimum atomic E-state index is -0.928. The lowest BCUT2D eigenvalue weighted by atomic mass is 9.95. The van der Waals surface area contributed by atoms with E-state index in [1.807, 2.05) is 0 Å². The van der Waals surface area contributed by atoms with Crippen LogP contribution in [0.5, 0.6) is 5.75 Å². The Morgan fingerprint density at radius 3 is 2.75 bits per heavy atom. The maximum absolute atomic E-state index is 13.8. The van der Waals surface area contributed by atoms with E-state index in [2.05, 4.69) is 15.9 Å². The summed E-state index contributed by atoms with van der Waals surface area (Å²) in [6.07, 6.45) is -1.28. The van der Waals surface area contributed by atoms with Crippen molar-refractivity contribution >= 4 is 15.9 Å². The smallest absolute Gasteiger partial charge is 0.165 e. The van der Waals surface area contributed by atoms with Gasteiger partial charge >= 0.3 is 0 Å². The van der Waals surface area contributed by atoms with Gasteiger partial charge in [0.05, 0.1) is 6.10 Å². The van der Waals surface area contributed by atoms with Gasteiger partial charge in [-0.05, 0) is 18.2 Å². The first kappa shape index (κ1) is 13.5. The average Bonchev–Trinajstić information content (AvgIpc) is 2.41. The maximum Gasteiger partial charge on any atom is 0.165 e. The number of rotatable bonds is 1. The van der Waals surface area contributed by atoms with Gasteiger partial charge in [-0.25, -0.2) is 8.78 Å². The zero-order chi connectivity index (χ0) is 14.3. The Balaban J connectivity index is 2.00. The van der Waals surface area contributed by atoms with Crippen LogP contribution in [0.4, 0.5) is 8.78 Å². The van der Waals surface area contributed by atoms with Gasteiger partial charge in [-0.15, -0.1) is 0 Å². The Kier molecular flexibility index (Phi) is 3.48. The summed E-state index contributed by atoms with van der Waals surface area (Å²) in [4.78, 5) is 0. The van der Waals surface area contributed by atoms with E-state index in [9.17, 15) is 13.9 Å². The second-order valence-electron chi connectivity index (χ2n) is 4.68. The summed E-state index contributed by atoms with van der Waals surface area (Å²) in [5.74, 6) is -1.37. The van der Waals surface area contributed by atoms with Crippen molar-refractivity contribution in [3.05, 3.63) is 63.6 Å². The molecule has 0 saturated carbocycles. The van der Waals surface area contributed by atoms with E-state index < -0.39 is 23.8 Å². The Morgan fingerprint density at radius 2 is 1.95 bits per heavy atom. The van der Waals surface area contributed by atoms with Crippen LogP contribution in [0.2, 0.25) is 0 Å². The van der Waals surface area contributed by atoms with E-state index in [0.717, 1.165) is 10.5 Å². The van der Waals surface area contributed by atoms with Gasteiger partial charge in [0.25, 0.3) is 0 Å². The summed E-state index contributed by atoms with van der Waals surface area (Å²) in [5.41, 5.74) is 0.774. The summed E-state index contributed by atoms with van der Waals surface area (Å²) < 4.78 is 33.6. The highest BCUT2D eigenvalue weighted by molar-refractivity contribution is 9.10. The largest absolute Gasteiger partial charge is 0.485 e. The van der Waals surface area contributed by atoms with E-state index in [0.29, 0.717) is 11.3 Å². The summed E-state index contributed by atoms with van der Waals surface area (Å²) in [6, 6.07) is 9.22. The molecule has 0 aromatic heterocycles. The molecule has 1 heterocycles. The van der Waals surface area contributed by atoms with Crippen molar-refractivity contribution < 1.29 is 18.6 Å². The number of halogens is 3. The van der Waals surface area contributed by atoms with E-state index in [1.54, 1.807) is 18.2 Å². The van der Waals surface area contributed by atoms with Gasteiger partial charge in [-0.2, -0.15) is 0 Å². The molecule has 0 bridgehead atoms. The van der Waals surface area contributed by atoms with Crippen LogP contribution in [0.25, 0.3) is 0 Å². The van der Waals surface area contributed by atoms with Gasteiger partial charge in [0, 0.05) is 22.0 Å².